The van der Waals surface area contributed by atoms with Gasteiger partial charge < -0.3 is 20.5 Å². The van der Waals surface area contributed by atoms with Crippen molar-refractivity contribution in [2.75, 3.05) is 6.61 Å². The molecule has 2 unspecified atom stereocenters. The zero-order valence-corrected chi connectivity index (χ0v) is 19.0. The Morgan fingerprint density at radius 3 is 2.18 bits per heavy atom. The lowest BCUT2D eigenvalue weighted by Gasteiger charge is -2.32. The van der Waals surface area contributed by atoms with Crippen LogP contribution >= 0.6 is 0 Å². The Labute approximate surface area is 198 Å². The number of carboxylic acid groups (broad SMARTS) is 1. The maximum Gasteiger partial charge on any atom is 0.407 e. The topological polar surface area (TPSA) is 105 Å². The maximum absolute atomic E-state index is 12.8. The number of alkyl carbamates (subject to hydrolysis) is 1. The lowest BCUT2D eigenvalue weighted by Crippen LogP contribution is -2.54. The number of fused-ring (bicyclic) bond motifs is 3. The van der Waals surface area contributed by atoms with Crippen molar-refractivity contribution in [3.8, 4) is 23.0 Å². The normalized spacial score (nSPS) is 16.0. The van der Waals surface area contributed by atoms with Crippen molar-refractivity contribution in [3.05, 3.63) is 59.7 Å². The van der Waals surface area contributed by atoms with E-state index < -0.39 is 30.1 Å². The van der Waals surface area contributed by atoms with Crippen molar-refractivity contribution in [2.24, 2.45) is 5.92 Å². The number of benzene rings is 2. The van der Waals surface area contributed by atoms with E-state index in [9.17, 15) is 19.5 Å². The van der Waals surface area contributed by atoms with Crippen molar-refractivity contribution in [3.63, 3.8) is 0 Å². The van der Waals surface area contributed by atoms with Gasteiger partial charge in [-0.2, -0.15) is 0 Å². The van der Waals surface area contributed by atoms with Crippen LogP contribution < -0.4 is 10.6 Å². The summed E-state index contributed by atoms with van der Waals surface area (Å²) in [6, 6.07) is 14.1. The van der Waals surface area contributed by atoms with Gasteiger partial charge in [-0.3, -0.25) is 4.79 Å². The second-order valence-electron chi connectivity index (χ2n) is 8.67. The molecule has 0 saturated heterocycles. The van der Waals surface area contributed by atoms with E-state index in [2.05, 4.69) is 34.6 Å². The van der Waals surface area contributed by atoms with Gasteiger partial charge in [-0.15, -0.1) is 11.8 Å². The zero-order valence-electron chi connectivity index (χ0n) is 19.0. The summed E-state index contributed by atoms with van der Waals surface area (Å²) in [6.07, 6.45) is 1.79. The molecule has 34 heavy (non-hydrogen) atoms. The lowest BCUT2D eigenvalue weighted by molar-refractivity contribution is -0.144. The minimum absolute atomic E-state index is 0.0591. The first-order valence-electron chi connectivity index (χ1n) is 11.5. The largest absolute Gasteiger partial charge is 0.480 e. The molecular weight excluding hydrogens is 432 g/mol. The summed E-state index contributed by atoms with van der Waals surface area (Å²) in [6.45, 7) is 1.75. The summed E-state index contributed by atoms with van der Waals surface area (Å²) < 4.78 is 5.54. The summed E-state index contributed by atoms with van der Waals surface area (Å²) in [7, 11) is 0. The first-order chi connectivity index (χ1) is 16.5. The predicted octanol–water partition coefficient (Wildman–Crippen LogP) is 3.68. The Hall–Kier alpha value is -3.79. The van der Waals surface area contributed by atoms with Crippen LogP contribution in [-0.2, 0) is 14.3 Å². The average Bonchev–Trinajstić information content (AvgIpc) is 3.12. The van der Waals surface area contributed by atoms with Gasteiger partial charge in [0, 0.05) is 12.3 Å². The van der Waals surface area contributed by atoms with Crippen LogP contribution in [0.2, 0.25) is 0 Å². The van der Waals surface area contributed by atoms with E-state index >= 15 is 0 Å². The molecule has 7 nitrogen and oxygen atoms in total. The van der Waals surface area contributed by atoms with Crippen LogP contribution in [0.15, 0.2) is 48.5 Å². The van der Waals surface area contributed by atoms with Crippen molar-refractivity contribution in [1.29, 1.82) is 0 Å². The molecule has 1 saturated carbocycles. The summed E-state index contributed by atoms with van der Waals surface area (Å²) in [4.78, 5) is 37.1. The van der Waals surface area contributed by atoms with E-state index in [1.807, 2.05) is 36.4 Å². The quantitative estimate of drug-likeness (QED) is 0.522. The molecule has 2 aromatic carbocycles. The van der Waals surface area contributed by atoms with Crippen molar-refractivity contribution >= 4 is 18.0 Å². The lowest BCUT2D eigenvalue weighted by atomic mass is 9.79. The third-order valence-corrected chi connectivity index (χ3v) is 6.62. The van der Waals surface area contributed by atoms with E-state index in [4.69, 9.17) is 4.74 Å². The predicted molar refractivity (Wildman–Crippen MR) is 127 cm³/mol. The van der Waals surface area contributed by atoms with Gasteiger partial charge in [0.2, 0.25) is 5.91 Å². The van der Waals surface area contributed by atoms with Crippen molar-refractivity contribution in [2.45, 2.75) is 50.6 Å². The summed E-state index contributed by atoms with van der Waals surface area (Å²) in [5.74, 6) is 3.66. The monoisotopic (exact) mass is 460 g/mol. The van der Waals surface area contributed by atoms with Crippen LogP contribution in [0.3, 0.4) is 0 Å². The molecule has 0 bridgehead atoms. The van der Waals surface area contributed by atoms with Gasteiger partial charge in [0.25, 0.3) is 0 Å². The SMILES string of the molecule is CC#CCC(NC(=O)OCC1c2ccccc2-c2ccccc21)C(=O)NC(C(=O)O)C1CCC1. The second kappa shape index (κ2) is 10.4. The number of carbonyl (C=O) groups excluding carboxylic acids is 2. The number of nitrogens with one attached hydrogen (secondary N) is 2. The van der Waals surface area contributed by atoms with Gasteiger partial charge in [0.15, 0.2) is 0 Å². The van der Waals surface area contributed by atoms with Crippen LogP contribution in [0.1, 0.15) is 49.7 Å². The number of carboxylic acids is 1. The molecular formula is C27H28N2O5. The van der Waals surface area contributed by atoms with Crippen molar-refractivity contribution < 1.29 is 24.2 Å². The van der Waals surface area contributed by atoms with E-state index in [0.29, 0.717) is 0 Å². The molecule has 2 aliphatic rings. The molecule has 0 heterocycles. The molecule has 1 fully saturated rings. The molecule has 2 aromatic rings. The van der Waals surface area contributed by atoms with E-state index in [0.717, 1.165) is 41.5 Å². The standard InChI is InChI=1S/C27H28N2O5/c1-2-3-15-23(25(30)29-24(26(31)32)17-9-8-10-17)28-27(33)34-16-22-20-13-6-4-11-18(20)19-12-5-7-14-21(19)22/h4-7,11-14,17,22-24H,8-10,15-16H2,1H3,(H,28,33)(H,29,30)(H,31,32). The van der Waals surface area contributed by atoms with E-state index in [1.54, 1.807) is 6.92 Å². The Balaban J connectivity index is 1.41. The Morgan fingerprint density at radius 2 is 1.65 bits per heavy atom. The molecule has 2 aliphatic carbocycles. The molecule has 0 aliphatic heterocycles. The first kappa shape index (κ1) is 23.4. The molecule has 0 spiro atoms. The highest BCUT2D eigenvalue weighted by molar-refractivity contribution is 5.89. The zero-order chi connectivity index (χ0) is 24.1. The fourth-order valence-electron chi connectivity index (χ4n) is 4.60. The van der Waals surface area contributed by atoms with Crippen LogP contribution in [0.5, 0.6) is 0 Å². The minimum atomic E-state index is -1.07. The molecule has 176 valence electrons. The number of hydrogen-bond donors (Lipinski definition) is 3. The fraction of sp³-hybridized carbons (Fsp3) is 0.370. The van der Waals surface area contributed by atoms with Gasteiger partial charge in [0.1, 0.15) is 18.7 Å². The van der Waals surface area contributed by atoms with E-state index in [1.165, 1.54) is 0 Å². The van der Waals surface area contributed by atoms with Crippen LogP contribution in [0, 0.1) is 17.8 Å². The molecule has 4 rings (SSSR count). The first-order valence-corrected chi connectivity index (χ1v) is 11.5. The third-order valence-electron chi connectivity index (χ3n) is 6.62. The second-order valence-corrected chi connectivity index (χ2v) is 8.67. The average molecular weight is 461 g/mol. The molecule has 0 aromatic heterocycles. The smallest absolute Gasteiger partial charge is 0.407 e. The number of amides is 2. The van der Waals surface area contributed by atoms with E-state index in [-0.39, 0.29) is 24.9 Å². The fourth-order valence-corrected chi connectivity index (χ4v) is 4.60. The van der Waals surface area contributed by atoms with Gasteiger partial charge >= 0.3 is 12.1 Å². The summed E-state index contributed by atoms with van der Waals surface area (Å²) in [5, 5.41) is 14.7. The minimum Gasteiger partial charge on any atom is -0.480 e. The number of carbonyl (C=O) groups is 3. The molecule has 7 heteroatoms. The molecule has 3 N–H and O–H groups in total. The highest BCUT2D eigenvalue weighted by atomic mass is 16.5. The maximum atomic E-state index is 12.8. The van der Waals surface area contributed by atoms with Gasteiger partial charge in [-0.05, 0) is 47.9 Å². The summed E-state index contributed by atoms with van der Waals surface area (Å²) >= 11 is 0. The highest BCUT2D eigenvalue weighted by Gasteiger charge is 2.35. The summed E-state index contributed by atoms with van der Waals surface area (Å²) in [5.41, 5.74) is 4.43. The third kappa shape index (κ3) is 4.91. The molecule has 2 amide bonds. The molecule has 0 radical (unpaired) electrons. The van der Waals surface area contributed by atoms with Gasteiger partial charge in [-0.1, -0.05) is 55.0 Å². The van der Waals surface area contributed by atoms with Crippen LogP contribution in [0.4, 0.5) is 4.79 Å². The molecule has 2 atom stereocenters. The number of rotatable bonds is 8. The highest BCUT2D eigenvalue weighted by Crippen LogP contribution is 2.44. The number of hydrogen-bond acceptors (Lipinski definition) is 4. The van der Waals surface area contributed by atoms with Crippen LogP contribution in [0.25, 0.3) is 11.1 Å². The van der Waals surface area contributed by atoms with Crippen LogP contribution in [-0.4, -0.2) is 41.8 Å². The van der Waals surface area contributed by atoms with Crippen molar-refractivity contribution in [1.82, 2.24) is 10.6 Å². The Bertz CT molecular complexity index is 1100. The Morgan fingerprint density at radius 1 is 1.03 bits per heavy atom. The Kier molecular flexibility index (Phi) is 7.17. The number of ether oxygens (including phenoxy) is 1. The number of aliphatic carboxylic acids is 1. The van der Waals surface area contributed by atoms with Gasteiger partial charge in [-0.25, -0.2) is 9.59 Å². The van der Waals surface area contributed by atoms with Gasteiger partial charge in [0.05, 0.1) is 0 Å².